The average Bonchev–Trinajstić information content (AvgIpc) is 2.51. The minimum absolute atomic E-state index is 0.114. The number of ether oxygens (including phenoxy) is 1. The van der Waals surface area contributed by atoms with Gasteiger partial charge >= 0.3 is 5.97 Å². The second-order valence-electron chi connectivity index (χ2n) is 3.86. The normalized spacial score (nSPS) is 10.2. The number of methoxy groups -OCH3 is 1. The Morgan fingerprint density at radius 1 is 1.43 bits per heavy atom. The van der Waals surface area contributed by atoms with E-state index in [2.05, 4.69) is 21.9 Å². The van der Waals surface area contributed by atoms with Crippen LogP contribution in [-0.2, 0) is 9.53 Å². The molecule has 0 aromatic heterocycles. The molecule has 0 radical (unpaired) electrons. The summed E-state index contributed by atoms with van der Waals surface area (Å²) in [5.41, 5.74) is 0.375. The van der Waals surface area contributed by atoms with Crippen LogP contribution in [0.2, 0.25) is 0 Å². The zero-order valence-electron chi connectivity index (χ0n) is 11.6. The van der Waals surface area contributed by atoms with Gasteiger partial charge in [-0.05, 0) is 12.1 Å². The number of hydrogen-bond acceptors (Lipinski definition) is 5. The zero-order valence-corrected chi connectivity index (χ0v) is 11.6. The van der Waals surface area contributed by atoms with Gasteiger partial charge in [-0.25, -0.2) is 4.79 Å². The molecule has 0 aliphatic heterocycles. The van der Waals surface area contributed by atoms with E-state index in [1.54, 1.807) is 30.3 Å². The molecule has 0 atom stereocenters. The van der Waals surface area contributed by atoms with Crippen molar-refractivity contribution in [2.24, 2.45) is 0 Å². The molecule has 0 fully saturated rings. The van der Waals surface area contributed by atoms with Gasteiger partial charge < -0.3 is 15.4 Å². The van der Waals surface area contributed by atoms with Crippen LogP contribution in [0.25, 0.3) is 0 Å². The number of para-hydroxylation sites is 1. The number of rotatable bonds is 6. The lowest BCUT2D eigenvalue weighted by Gasteiger charge is -2.09. The van der Waals surface area contributed by atoms with Gasteiger partial charge in [-0.2, -0.15) is 5.26 Å². The first-order valence-electron chi connectivity index (χ1n) is 6.07. The standard InChI is InChI=1S/C15H15N3O3/c1-3-8-17-10-11(9-16)14(19)18-13-7-5-4-6-12(13)15(20)21-2/h3-7,10,17H,1,8H2,2H3,(H,18,19)/b11-10-. The first kappa shape index (κ1) is 16.0. The van der Waals surface area contributed by atoms with E-state index in [1.165, 1.54) is 19.4 Å². The van der Waals surface area contributed by atoms with Gasteiger partial charge in [0.1, 0.15) is 11.6 Å². The molecule has 1 aromatic carbocycles. The molecule has 0 spiro atoms. The third-order valence-corrected chi connectivity index (χ3v) is 2.45. The molecule has 0 saturated heterocycles. The highest BCUT2D eigenvalue weighted by molar-refractivity contribution is 6.09. The number of hydrogen-bond donors (Lipinski definition) is 2. The molecule has 6 heteroatoms. The fourth-order valence-electron chi connectivity index (χ4n) is 1.46. The van der Waals surface area contributed by atoms with E-state index in [0.717, 1.165) is 0 Å². The van der Waals surface area contributed by atoms with Gasteiger partial charge in [-0.15, -0.1) is 6.58 Å². The van der Waals surface area contributed by atoms with Crippen LogP contribution in [-0.4, -0.2) is 25.5 Å². The van der Waals surface area contributed by atoms with Crippen molar-refractivity contribution < 1.29 is 14.3 Å². The number of nitriles is 1. The smallest absolute Gasteiger partial charge is 0.339 e. The maximum Gasteiger partial charge on any atom is 0.339 e. The topological polar surface area (TPSA) is 91.2 Å². The Hall–Kier alpha value is -3.07. The number of nitrogens with one attached hydrogen (secondary N) is 2. The van der Waals surface area contributed by atoms with Gasteiger partial charge in [0.2, 0.25) is 0 Å². The molecule has 6 nitrogen and oxygen atoms in total. The fourth-order valence-corrected chi connectivity index (χ4v) is 1.46. The van der Waals surface area contributed by atoms with Crippen LogP contribution in [0, 0.1) is 11.3 Å². The van der Waals surface area contributed by atoms with Gasteiger partial charge in [-0.3, -0.25) is 4.79 Å². The van der Waals surface area contributed by atoms with Crippen LogP contribution in [0.3, 0.4) is 0 Å². The number of esters is 1. The SMILES string of the molecule is C=CCN/C=C(/C#N)C(=O)Nc1ccccc1C(=O)OC. The minimum atomic E-state index is -0.620. The summed E-state index contributed by atoms with van der Waals surface area (Å²) in [4.78, 5) is 23.6. The number of carbonyl (C=O) groups excluding carboxylic acids is 2. The van der Waals surface area contributed by atoms with Crippen molar-refractivity contribution in [3.8, 4) is 6.07 Å². The van der Waals surface area contributed by atoms with Crippen LogP contribution < -0.4 is 10.6 Å². The molecule has 0 aliphatic rings. The fraction of sp³-hybridized carbons (Fsp3) is 0.133. The van der Waals surface area contributed by atoms with Crippen molar-refractivity contribution in [3.63, 3.8) is 0 Å². The van der Waals surface area contributed by atoms with E-state index < -0.39 is 11.9 Å². The highest BCUT2D eigenvalue weighted by atomic mass is 16.5. The summed E-state index contributed by atoms with van der Waals surface area (Å²) in [7, 11) is 1.25. The van der Waals surface area contributed by atoms with E-state index >= 15 is 0 Å². The second kappa shape index (κ2) is 8.17. The Balaban J connectivity index is 2.93. The average molecular weight is 285 g/mol. The lowest BCUT2D eigenvalue weighted by molar-refractivity contribution is -0.112. The molecule has 1 amide bonds. The Morgan fingerprint density at radius 2 is 2.14 bits per heavy atom. The van der Waals surface area contributed by atoms with E-state index in [0.29, 0.717) is 6.54 Å². The Labute approximate surface area is 122 Å². The molecule has 0 aliphatic carbocycles. The van der Waals surface area contributed by atoms with Crippen molar-refractivity contribution in [1.82, 2.24) is 5.32 Å². The summed E-state index contributed by atoms with van der Waals surface area (Å²) < 4.78 is 4.63. The summed E-state index contributed by atoms with van der Waals surface area (Å²) >= 11 is 0. The highest BCUT2D eigenvalue weighted by Gasteiger charge is 2.15. The Morgan fingerprint density at radius 3 is 2.76 bits per heavy atom. The van der Waals surface area contributed by atoms with Gasteiger partial charge in [0, 0.05) is 12.7 Å². The van der Waals surface area contributed by atoms with Crippen LogP contribution in [0.4, 0.5) is 5.69 Å². The number of amides is 1. The van der Waals surface area contributed by atoms with Crippen LogP contribution in [0.15, 0.2) is 48.7 Å². The second-order valence-corrected chi connectivity index (χ2v) is 3.86. The Bertz CT molecular complexity index is 615. The van der Waals surface area contributed by atoms with Crippen molar-refractivity contribution in [1.29, 1.82) is 5.26 Å². The Kier molecular flexibility index (Phi) is 6.22. The molecule has 0 saturated carbocycles. The molecule has 2 N–H and O–H groups in total. The summed E-state index contributed by atoms with van der Waals surface area (Å²) in [6, 6.07) is 8.16. The molecule has 0 bridgehead atoms. The third-order valence-electron chi connectivity index (χ3n) is 2.45. The van der Waals surface area contributed by atoms with Crippen LogP contribution in [0.5, 0.6) is 0 Å². The van der Waals surface area contributed by atoms with Crippen molar-refractivity contribution in [2.45, 2.75) is 0 Å². The van der Waals surface area contributed by atoms with Crippen molar-refractivity contribution >= 4 is 17.6 Å². The van der Waals surface area contributed by atoms with Crippen molar-refractivity contribution in [2.75, 3.05) is 19.0 Å². The van der Waals surface area contributed by atoms with E-state index in [1.807, 2.05) is 0 Å². The van der Waals surface area contributed by atoms with Crippen LogP contribution in [0.1, 0.15) is 10.4 Å². The van der Waals surface area contributed by atoms with E-state index in [9.17, 15) is 9.59 Å². The highest BCUT2D eigenvalue weighted by Crippen LogP contribution is 2.16. The number of carbonyl (C=O) groups is 2. The predicted octanol–water partition coefficient (Wildman–Crippen LogP) is 1.59. The summed E-state index contributed by atoms with van der Waals surface area (Å²) in [6.45, 7) is 3.94. The third kappa shape index (κ3) is 4.51. The number of nitrogens with zero attached hydrogens (tertiary/aromatic N) is 1. The van der Waals surface area contributed by atoms with Gasteiger partial charge in [-0.1, -0.05) is 18.2 Å². The van der Waals surface area contributed by atoms with Crippen LogP contribution >= 0.6 is 0 Å². The predicted molar refractivity (Wildman–Crippen MR) is 78.3 cm³/mol. The molecule has 108 valence electrons. The molecular weight excluding hydrogens is 270 g/mol. The molecule has 1 rings (SSSR count). The molecule has 0 heterocycles. The number of benzene rings is 1. The molecule has 1 aromatic rings. The minimum Gasteiger partial charge on any atom is -0.465 e. The van der Waals surface area contributed by atoms with Crippen molar-refractivity contribution in [3.05, 3.63) is 54.3 Å². The molecule has 21 heavy (non-hydrogen) atoms. The summed E-state index contributed by atoms with van der Waals surface area (Å²) in [6.07, 6.45) is 2.88. The first-order valence-corrected chi connectivity index (χ1v) is 6.07. The molecule has 0 unspecified atom stereocenters. The maximum atomic E-state index is 12.0. The lowest BCUT2D eigenvalue weighted by atomic mass is 10.1. The monoisotopic (exact) mass is 285 g/mol. The van der Waals surface area contributed by atoms with Gasteiger partial charge in [0.15, 0.2) is 0 Å². The first-order chi connectivity index (χ1) is 10.1. The molecular formula is C15H15N3O3. The van der Waals surface area contributed by atoms with E-state index in [4.69, 9.17) is 5.26 Å². The summed E-state index contributed by atoms with van der Waals surface area (Å²) in [5.74, 6) is -1.19. The maximum absolute atomic E-state index is 12.0. The zero-order chi connectivity index (χ0) is 15.7. The van der Waals surface area contributed by atoms with Gasteiger partial charge in [0.05, 0.1) is 18.4 Å². The van der Waals surface area contributed by atoms with E-state index in [-0.39, 0.29) is 16.8 Å². The largest absolute Gasteiger partial charge is 0.465 e. The lowest BCUT2D eigenvalue weighted by Crippen LogP contribution is -2.18. The quantitative estimate of drug-likeness (QED) is 0.272. The summed E-state index contributed by atoms with van der Waals surface area (Å²) in [5, 5.41) is 14.2. The number of anilines is 1. The van der Waals surface area contributed by atoms with Gasteiger partial charge in [0.25, 0.3) is 5.91 Å².